The van der Waals surface area contributed by atoms with E-state index >= 15 is 0 Å². The highest BCUT2D eigenvalue weighted by molar-refractivity contribution is 8.00. The largest absolute Gasteiger partial charge is 0.477 e. The second-order valence-electron chi connectivity index (χ2n) is 5.83. The van der Waals surface area contributed by atoms with Crippen molar-refractivity contribution in [1.82, 2.24) is 19.6 Å². The van der Waals surface area contributed by atoms with E-state index in [9.17, 15) is 19.5 Å². The van der Waals surface area contributed by atoms with E-state index in [1.165, 1.54) is 17.8 Å². The fraction of sp³-hybridized carbons (Fsp3) is 0.429. The predicted octanol–water partition coefficient (Wildman–Crippen LogP) is -0.382. The minimum absolute atomic E-state index is 0.0123. The van der Waals surface area contributed by atoms with Gasteiger partial charge in [0.25, 0.3) is 11.8 Å². The van der Waals surface area contributed by atoms with Gasteiger partial charge in [-0.25, -0.2) is 4.79 Å². The summed E-state index contributed by atoms with van der Waals surface area (Å²) in [5, 5.41) is 15.2. The molecule has 1 fully saturated rings. The number of anilines is 1. The number of carboxylic acids is 1. The molecule has 27 heavy (non-hydrogen) atoms. The molecule has 1 saturated heterocycles. The van der Waals surface area contributed by atoms with E-state index in [-0.39, 0.29) is 28.5 Å². The first kappa shape index (κ1) is 19.1. The maximum atomic E-state index is 12.7. The molecule has 11 nitrogen and oxygen atoms in total. The van der Waals surface area contributed by atoms with Crippen LogP contribution in [0.5, 0.6) is 0 Å². The maximum absolute atomic E-state index is 12.7. The lowest BCUT2D eigenvalue weighted by atomic mass is 10.0. The number of β-lactam (4-membered cyclic amide) rings is 1. The van der Waals surface area contributed by atoms with Crippen molar-refractivity contribution < 1.29 is 24.3 Å². The summed E-state index contributed by atoms with van der Waals surface area (Å²) >= 11 is 2.24. The molecule has 2 atom stereocenters. The molecule has 4 N–H and O–H groups in total. The lowest BCUT2D eigenvalue weighted by Gasteiger charge is -2.48. The molecule has 1 unspecified atom stereocenters. The number of carbonyl (C=O) groups excluding carboxylic acids is 2. The molecular formula is C14H16N6O5S2. The van der Waals surface area contributed by atoms with Crippen LogP contribution in [0.3, 0.4) is 0 Å². The smallest absolute Gasteiger partial charge is 0.352 e. The Morgan fingerprint density at radius 3 is 2.85 bits per heavy atom. The number of carbonyl (C=O) groups is 3. The van der Waals surface area contributed by atoms with Crippen LogP contribution in [0.25, 0.3) is 0 Å². The lowest BCUT2D eigenvalue weighted by Crippen LogP contribution is -2.70. The van der Waals surface area contributed by atoms with E-state index in [1.54, 1.807) is 13.8 Å². The number of rotatable bonds is 6. The van der Waals surface area contributed by atoms with Crippen LogP contribution >= 0.6 is 23.3 Å². The van der Waals surface area contributed by atoms with Crippen molar-refractivity contribution in [2.45, 2.75) is 31.4 Å². The van der Waals surface area contributed by atoms with Crippen LogP contribution in [-0.4, -0.2) is 66.1 Å². The summed E-state index contributed by atoms with van der Waals surface area (Å²) in [6.45, 7) is 3.46. The third-order valence-electron chi connectivity index (χ3n) is 3.58. The molecule has 0 saturated carbocycles. The molecule has 0 spiro atoms. The SMILES string of the molecule is CC(C)ON=C(C(=O)NC1C(=O)N2C(C(=O)O)=CCS[C@H]12)c1nsc(N)n1. The minimum Gasteiger partial charge on any atom is -0.477 e. The van der Waals surface area contributed by atoms with Crippen LogP contribution in [0.4, 0.5) is 5.13 Å². The quantitative estimate of drug-likeness (QED) is 0.321. The minimum atomic E-state index is -1.19. The van der Waals surface area contributed by atoms with Crippen molar-refractivity contribution in [3.8, 4) is 0 Å². The van der Waals surface area contributed by atoms with Gasteiger partial charge in [0.2, 0.25) is 11.5 Å². The Balaban J connectivity index is 1.77. The number of hydrogen-bond donors (Lipinski definition) is 3. The van der Waals surface area contributed by atoms with Gasteiger partial charge < -0.3 is 21.0 Å². The molecule has 13 heteroatoms. The summed E-state index contributed by atoms with van der Waals surface area (Å²) in [4.78, 5) is 46.5. The summed E-state index contributed by atoms with van der Waals surface area (Å²) in [5.41, 5.74) is 5.26. The highest BCUT2D eigenvalue weighted by atomic mass is 32.2. The summed E-state index contributed by atoms with van der Waals surface area (Å²) in [7, 11) is 0. The molecule has 1 aromatic rings. The third kappa shape index (κ3) is 3.73. The Morgan fingerprint density at radius 1 is 1.52 bits per heavy atom. The first-order valence-electron chi connectivity index (χ1n) is 7.82. The molecule has 2 aliphatic rings. The van der Waals surface area contributed by atoms with E-state index in [2.05, 4.69) is 19.8 Å². The van der Waals surface area contributed by atoms with Gasteiger partial charge in [0.05, 0.1) is 0 Å². The second-order valence-corrected chi connectivity index (χ2v) is 7.76. The van der Waals surface area contributed by atoms with Gasteiger partial charge in [-0.15, -0.1) is 11.8 Å². The first-order chi connectivity index (χ1) is 12.8. The van der Waals surface area contributed by atoms with Crippen molar-refractivity contribution >= 4 is 51.9 Å². The normalized spacial score (nSPS) is 22.0. The van der Waals surface area contributed by atoms with Crippen molar-refractivity contribution in [3.05, 3.63) is 17.6 Å². The first-order valence-corrected chi connectivity index (χ1v) is 9.64. The molecule has 0 aromatic carbocycles. The van der Waals surface area contributed by atoms with E-state index in [4.69, 9.17) is 10.6 Å². The average molecular weight is 412 g/mol. The number of carboxylic acid groups (broad SMARTS) is 1. The molecular weight excluding hydrogens is 396 g/mol. The Kier molecular flexibility index (Phi) is 5.32. The van der Waals surface area contributed by atoms with Crippen LogP contribution in [-0.2, 0) is 19.2 Å². The third-order valence-corrected chi connectivity index (χ3v) is 5.30. The molecule has 0 radical (unpaired) electrons. The number of nitrogen functional groups attached to an aromatic ring is 1. The Labute approximate surface area is 161 Å². The standard InChI is InChI=1S/C14H16N6O5S2/c1-5(2)25-18-7(9-17-14(15)27-19-9)10(21)16-8-11(22)20-6(13(23)24)3-4-26-12(8)20/h3,5,8,12H,4H2,1-2H3,(H,16,21)(H,23,24)(H2,15,17,19)/t8?,12-/m1/s1. The topological polar surface area (TPSA) is 160 Å². The van der Waals surface area contributed by atoms with Crippen LogP contribution in [0.2, 0.25) is 0 Å². The molecule has 144 valence electrons. The van der Waals surface area contributed by atoms with Crippen molar-refractivity contribution in [1.29, 1.82) is 0 Å². The van der Waals surface area contributed by atoms with E-state index in [0.717, 1.165) is 16.4 Å². The molecule has 2 aliphatic heterocycles. The van der Waals surface area contributed by atoms with Crippen LogP contribution < -0.4 is 11.1 Å². The summed E-state index contributed by atoms with van der Waals surface area (Å²) in [6.07, 6.45) is 1.17. The number of aliphatic carboxylic acids is 1. The van der Waals surface area contributed by atoms with E-state index < -0.39 is 29.2 Å². The summed E-state index contributed by atoms with van der Waals surface area (Å²) in [6, 6.07) is -0.884. The van der Waals surface area contributed by atoms with Gasteiger partial charge in [-0.1, -0.05) is 5.16 Å². The molecule has 2 amide bonds. The van der Waals surface area contributed by atoms with Crippen LogP contribution in [0.1, 0.15) is 19.7 Å². The van der Waals surface area contributed by atoms with Gasteiger partial charge in [0, 0.05) is 17.3 Å². The predicted molar refractivity (Wildman–Crippen MR) is 97.8 cm³/mol. The van der Waals surface area contributed by atoms with Gasteiger partial charge in [0.1, 0.15) is 23.2 Å². The number of oxime groups is 1. The number of nitrogens with two attached hydrogens (primary N) is 1. The number of aromatic nitrogens is 2. The van der Waals surface area contributed by atoms with Gasteiger partial charge in [-0.05, 0) is 19.9 Å². The van der Waals surface area contributed by atoms with Gasteiger partial charge in [-0.3, -0.25) is 14.5 Å². The van der Waals surface area contributed by atoms with Crippen molar-refractivity contribution in [2.75, 3.05) is 11.5 Å². The Morgan fingerprint density at radius 2 is 2.26 bits per heavy atom. The van der Waals surface area contributed by atoms with Crippen LogP contribution in [0, 0.1) is 0 Å². The van der Waals surface area contributed by atoms with E-state index in [0.29, 0.717) is 5.75 Å². The monoisotopic (exact) mass is 412 g/mol. The number of thioether (sulfide) groups is 1. The Hall–Kier alpha value is -2.67. The highest BCUT2D eigenvalue weighted by Gasteiger charge is 2.53. The number of nitrogens with zero attached hydrogens (tertiary/aromatic N) is 4. The zero-order chi connectivity index (χ0) is 19.7. The zero-order valence-electron chi connectivity index (χ0n) is 14.3. The summed E-state index contributed by atoms with van der Waals surface area (Å²) in [5.74, 6) is -2.00. The van der Waals surface area contributed by atoms with Gasteiger partial charge in [0.15, 0.2) is 5.13 Å². The van der Waals surface area contributed by atoms with Crippen LogP contribution in [0.15, 0.2) is 16.9 Å². The average Bonchev–Trinajstić information content (AvgIpc) is 3.04. The fourth-order valence-electron chi connectivity index (χ4n) is 2.42. The number of amides is 2. The molecule has 0 aliphatic carbocycles. The lowest BCUT2D eigenvalue weighted by molar-refractivity contribution is -0.150. The molecule has 3 rings (SSSR count). The maximum Gasteiger partial charge on any atom is 0.352 e. The second kappa shape index (κ2) is 7.52. The van der Waals surface area contributed by atoms with E-state index in [1.807, 2.05) is 0 Å². The Bertz CT molecular complexity index is 851. The van der Waals surface area contributed by atoms with Crippen molar-refractivity contribution in [2.24, 2.45) is 5.16 Å². The zero-order valence-corrected chi connectivity index (χ0v) is 15.9. The number of fused-ring (bicyclic) bond motifs is 1. The number of hydrogen-bond acceptors (Lipinski definition) is 10. The summed E-state index contributed by atoms with van der Waals surface area (Å²) < 4.78 is 3.95. The van der Waals surface area contributed by atoms with Gasteiger partial charge in [-0.2, -0.15) is 9.36 Å². The molecule has 3 heterocycles. The van der Waals surface area contributed by atoms with Crippen molar-refractivity contribution in [3.63, 3.8) is 0 Å². The molecule has 1 aromatic heterocycles. The highest BCUT2D eigenvalue weighted by Crippen LogP contribution is 2.37. The molecule has 0 bridgehead atoms. The fourth-order valence-corrected chi connectivity index (χ4v) is 4.05. The van der Waals surface area contributed by atoms with Gasteiger partial charge >= 0.3 is 5.97 Å². The number of nitrogens with one attached hydrogen (secondary N) is 1.